The van der Waals surface area contributed by atoms with Gasteiger partial charge in [-0.1, -0.05) is 0 Å². The van der Waals surface area contributed by atoms with E-state index in [4.69, 9.17) is 4.74 Å². The molecule has 0 bridgehead atoms. The lowest BCUT2D eigenvalue weighted by atomic mass is 10.2. The third-order valence-electron chi connectivity index (χ3n) is 3.77. The average Bonchev–Trinajstić information content (AvgIpc) is 2.94. The Hall–Kier alpha value is -1.60. The normalized spacial score (nSPS) is 16.6. The molecule has 0 aromatic carbocycles. The van der Waals surface area contributed by atoms with Gasteiger partial charge in [0, 0.05) is 39.6 Å². The van der Waals surface area contributed by atoms with Crippen LogP contribution in [0.25, 0.3) is 0 Å². The number of carbonyl (C=O) groups excluding carboxylic acids is 1. The third kappa shape index (κ3) is 3.74. The van der Waals surface area contributed by atoms with Crippen LogP contribution in [0.3, 0.4) is 0 Å². The van der Waals surface area contributed by atoms with Gasteiger partial charge in [-0.25, -0.2) is 4.68 Å². The van der Waals surface area contributed by atoms with E-state index in [0.717, 1.165) is 30.1 Å². The van der Waals surface area contributed by atoms with Crippen molar-refractivity contribution >= 4 is 5.91 Å². The van der Waals surface area contributed by atoms with E-state index < -0.39 is 6.10 Å². The van der Waals surface area contributed by atoms with Crippen molar-refractivity contribution in [2.45, 2.75) is 32.4 Å². The van der Waals surface area contributed by atoms with Gasteiger partial charge in [-0.05, 0) is 13.3 Å². The van der Waals surface area contributed by atoms with Crippen molar-refractivity contribution in [2.24, 2.45) is 7.05 Å². The molecule has 1 saturated heterocycles. The Kier molecular flexibility index (Phi) is 5.19. The molecule has 118 valence electrons. The smallest absolute Gasteiger partial charge is 0.222 e. The first-order valence-corrected chi connectivity index (χ1v) is 7.26. The van der Waals surface area contributed by atoms with Crippen LogP contribution in [0.4, 0.5) is 0 Å². The van der Waals surface area contributed by atoms with Crippen LogP contribution in [0.5, 0.6) is 5.88 Å². The number of β-amino-alcohol motifs (C(OH)–C–C–N with tert-alkyl or cyclic N) is 1. The minimum atomic E-state index is -0.560. The summed E-state index contributed by atoms with van der Waals surface area (Å²) in [5.74, 6) is 0.864. The largest absolute Gasteiger partial charge is 0.481 e. The number of hydrogen-bond acceptors (Lipinski definition) is 5. The lowest BCUT2D eigenvalue weighted by Gasteiger charge is -2.20. The van der Waals surface area contributed by atoms with Gasteiger partial charge in [0.15, 0.2) is 0 Å². The van der Waals surface area contributed by atoms with Gasteiger partial charge in [0.25, 0.3) is 0 Å². The van der Waals surface area contributed by atoms with Crippen LogP contribution in [0, 0.1) is 6.92 Å². The zero-order valence-electron chi connectivity index (χ0n) is 12.9. The summed E-state index contributed by atoms with van der Waals surface area (Å²) in [7, 11) is 3.46. The van der Waals surface area contributed by atoms with E-state index in [9.17, 15) is 9.90 Å². The van der Waals surface area contributed by atoms with Gasteiger partial charge in [-0.15, -0.1) is 0 Å². The Morgan fingerprint density at radius 3 is 2.90 bits per heavy atom. The SMILES string of the molecule is COc1c(CNC[C@H](O)CN2CCCC2=O)c(C)nn1C. The molecule has 1 aliphatic rings. The number of aromatic nitrogens is 2. The Labute approximate surface area is 124 Å². The molecule has 0 radical (unpaired) electrons. The molecule has 1 fully saturated rings. The van der Waals surface area contributed by atoms with E-state index in [0.29, 0.717) is 26.1 Å². The van der Waals surface area contributed by atoms with Gasteiger partial charge >= 0.3 is 0 Å². The molecular weight excluding hydrogens is 272 g/mol. The number of likely N-dealkylation sites (tertiary alicyclic amines) is 1. The van der Waals surface area contributed by atoms with Gasteiger partial charge in [0.05, 0.1) is 24.5 Å². The first-order valence-electron chi connectivity index (χ1n) is 7.26. The number of amides is 1. The molecule has 0 saturated carbocycles. The molecule has 7 nitrogen and oxygen atoms in total. The summed E-state index contributed by atoms with van der Waals surface area (Å²) < 4.78 is 7.02. The van der Waals surface area contributed by atoms with Gasteiger partial charge in [-0.3, -0.25) is 4.79 Å². The number of hydrogen-bond donors (Lipinski definition) is 2. The summed E-state index contributed by atoms with van der Waals surface area (Å²) in [5.41, 5.74) is 1.90. The highest BCUT2D eigenvalue weighted by Gasteiger charge is 2.22. The van der Waals surface area contributed by atoms with E-state index >= 15 is 0 Å². The van der Waals surface area contributed by atoms with Crippen molar-refractivity contribution in [3.05, 3.63) is 11.3 Å². The number of aliphatic hydroxyl groups excluding tert-OH is 1. The highest BCUT2D eigenvalue weighted by molar-refractivity contribution is 5.78. The molecule has 21 heavy (non-hydrogen) atoms. The number of aliphatic hydroxyl groups is 1. The summed E-state index contributed by atoms with van der Waals surface area (Å²) in [5, 5.41) is 17.5. The molecule has 2 N–H and O–H groups in total. The number of nitrogens with zero attached hydrogens (tertiary/aromatic N) is 3. The van der Waals surface area contributed by atoms with Crippen LogP contribution in [0.2, 0.25) is 0 Å². The van der Waals surface area contributed by atoms with E-state index in [1.807, 2.05) is 14.0 Å². The second-order valence-electron chi connectivity index (χ2n) is 5.42. The number of carbonyl (C=O) groups is 1. The molecule has 1 aromatic rings. The zero-order valence-corrected chi connectivity index (χ0v) is 12.9. The van der Waals surface area contributed by atoms with E-state index in [1.54, 1.807) is 16.7 Å². The van der Waals surface area contributed by atoms with Gasteiger partial charge in [-0.2, -0.15) is 5.10 Å². The first kappa shape index (κ1) is 15.8. The minimum Gasteiger partial charge on any atom is -0.481 e. The molecule has 1 aromatic heterocycles. The molecule has 7 heteroatoms. The molecule has 1 atom stereocenters. The number of nitrogens with one attached hydrogen (secondary N) is 1. The van der Waals surface area contributed by atoms with Crippen LogP contribution in [0.1, 0.15) is 24.1 Å². The fourth-order valence-corrected chi connectivity index (χ4v) is 2.72. The van der Waals surface area contributed by atoms with Crippen LogP contribution >= 0.6 is 0 Å². The van der Waals surface area contributed by atoms with Crippen LogP contribution < -0.4 is 10.1 Å². The molecular formula is C14H24N4O3. The van der Waals surface area contributed by atoms with Crippen LogP contribution in [0.15, 0.2) is 0 Å². The van der Waals surface area contributed by atoms with Crippen molar-refractivity contribution in [1.29, 1.82) is 0 Å². The highest BCUT2D eigenvalue weighted by Crippen LogP contribution is 2.20. The highest BCUT2D eigenvalue weighted by atomic mass is 16.5. The second kappa shape index (κ2) is 6.91. The molecule has 2 heterocycles. The van der Waals surface area contributed by atoms with E-state index in [1.165, 1.54) is 0 Å². The topological polar surface area (TPSA) is 79.6 Å². The van der Waals surface area contributed by atoms with Crippen LogP contribution in [-0.2, 0) is 18.4 Å². The Bertz CT molecular complexity index is 501. The fraction of sp³-hybridized carbons (Fsp3) is 0.714. The lowest BCUT2D eigenvalue weighted by molar-refractivity contribution is -0.128. The number of methoxy groups -OCH3 is 1. The molecule has 0 aliphatic carbocycles. The lowest BCUT2D eigenvalue weighted by Crippen LogP contribution is -2.38. The fourth-order valence-electron chi connectivity index (χ4n) is 2.72. The van der Waals surface area contributed by atoms with Crippen molar-refractivity contribution in [3.8, 4) is 5.88 Å². The molecule has 1 aliphatic heterocycles. The maximum Gasteiger partial charge on any atom is 0.222 e. The van der Waals surface area contributed by atoms with Gasteiger partial charge in [0.1, 0.15) is 0 Å². The molecule has 1 amide bonds. The van der Waals surface area contributed by atoms with E-state index in [2.05, 4.69) is 10.4 Å². The van der Waals surface area contributed by atoms with Crippen LogP contribution in [-0.4, -0.2) is 58.5 Å². The summed E-state index contributed by atoms with van der Waals surface area (Å²) in [6, 6.07) is 0. The second-order valence-corrected chi connectivity index (χ2v) is 5.42. The number of ether oxygens (including phenoxy) is 1. The van der Waals surface area contributed by atoms with Gasteiger partial charge in [0.2, 0.25) is 11.8 Å². The maximum atomic E-state index is 11.5. The quantitative estimate of drug-likeness (QED) is 0.729. The molecule has 0 spiro atoms. The number of rotatable bonds is 7. The average molecular weight is 296 g/mol. The Balaban J connectivity index is 1.80. The first-order chi connectivity index (χ1) is 10.0. The zero-order chi connectivity index (χ0) is 15.4. The Morgan fingerprint density at radius 1 is 1.52 bits per heavy atom. The summed E-state index contributed by atoms with van der Waals surface area (Å²) in [4.78, 5) is 13.2. The summed E-state index contributed by atoms with van der Waals surface area (Å²) in [6.07, 6.45) is 0.937. The summed E-state index contributed by atoms with van der Waals surface area (Å²) >= 11 is 0. The molecule has 0 unspecified atom stereocenters. The van der Waals surface area contributed by atoms with Crippen molar-refractivity contribution in [3.63, 3.8) is 0 Å². The summed E-state index contributed by atoms with van der Waals surface area (Å²) in [6.45, 7) is 4.09. The third-order valence-corrected chi connectivity index (χ3v) is 3.77. The van der Waals surface area contributed by atoms with Crippen molar-refractivity contribution in [1.82, 2.24) is 20.0 Å². The minimum absolute atomic E-state index is 0.138. The number of aryl methyl sites for hydroxylation is 2. The predicted molar refractivity (Wildman–Crippen MR) is 78.0 cm³/mol. The maximum absolute atomic E-state index is 11.5. The predicted octanol–water partition coefficient (Wildman–Crippen LogP) is -0.190. The van der Waals surface area contributed by atoms with Crippen molar-refractivity contribution in [2.75, 3.05) is 26.7 Å². The Morgan fingerprint density at radius 2 is 2.29 bits per heavy atom. The van der Waals surface area contributed by atoms with Crippen molar-refractivity contribution < 1.29 is 14.6 Å². The van der Waals surface area contributed by atoms with E-state index in [-0.39, 0.29) is 5.91 Å². The molecule has 2 rings (SSSR count). The monoisotopic (exact) mass is 296 g/mol. The van der Waals surface area contributed by atoms with Gasteiger partial charge < -0.3 is 20.1 Å². The standard InChI is InChI=1S/C14H24N4O3/c1-10-12(14(21-3)17(2)16-10)8-15-7-11(19)9-18-6-4-5-13(18)20/h11,15,19H,4-9H2,1-3H3/t11-/m0/s1.